The van der Waals surface area contributed by atoms with Gasteiger partial charge in [0.2, 0.25) is 5.91 Å². The highest BCUT2D eigenvalue weighted by molar-refractivity contribution is 8.00. The summed E-state index contributed by atoms with van der Waals surface area (Å²) in [6.07, 6.45) is 4.83. The fourth-order valence-corrected chi connectivity index (χ4v) is 6.99. The lowest BCUT2D eigenvalue weighted by molar-refractivity contribution is -0.116. The summed E-state index contributed by atoms with van der Waals surface area (Å²) in [6.45, 7) is 2.59. The smallest absolute Gasteiger partial charge is 0.237 e. The van der Waals surface area contributed by atoms with Crippen LogP contribution in [0.2, 0.25) is 0 Å². The van der Waals surface area contributed by atoms with E-state index in [1.807, 2.05) is 18.2 Å². The lowest BCUT2D eigenvalue weighted by Crippen LogP contribution is -2.32. The molecule has 1 aliphatic rings. The van der Waals surface area contributed by atoms with Gasteiger partial charge < -0.3 is 14.4 Å². The van der Waals surface area contributed by atoms with Gasteiger partial charge in [-0.15, -0.1) is 11.3 Å². The number of hydrogen-bond acceptors (Lipinski definition) is 7. The third kappa shape index (κ3) is 5.43. The minimum absolute atomic E-state index is 0.101. The van der Waals surface area contributed by atoms with Crippen molar-refractivity contribution < 1.29 is 18.7 Å². The van der Waals surface area contributed by atoms with Crippen molar-refractivity contribution in [3.63, 3.8) is 0 Å². The van der Waals surface area contributed by atoms with Crippen LogP contribution < -0.4 is 14.4 Å². The van der Waals surface area contributed by atoms with Crippen molar-refractivity contribution in [1.29, 1.82) is 0 Å². The van der Waals surface area contributed by atoms with E-state index in [0.29, 0.717) is 29.6 Å². The Bertz CT molecular complexity index is 1420. The maximum absolute atomic E-state index is 13.7. The number of thioether (sulfide) groups is 1. The van der Waals surface area contributed by atoms with E-state index < -0.39 is 0 Å². The Morgan fingerprint density at radius 2 is 1.92 bits per heavy atom. The number of aromatic nitrogens is 2. The maximum Gasteiger partial charge on any atom is 0.237 e. The average molecular weight is 538 g/mol. The number of nitrogens with zero attached hydrogens (tertiary/aromatic N) is 3. The van der Waals surface area contributed by atoms with E-state index in [4.69, 9.17) is 9.47 Å². The summed E-state index contributed by atoms with van der Waals surface area (Å²) in [5.41, 5.74) is 2.83. The van der Waals surface area contributed by atoms with Gasteiger partial charge in [0.05, 0.1) is 26.5 Å². The van der Waals surface area contributed by atoms with E-state index in [1.54, 1.807) is 48.9 Å². The zero-order valence-electron chi connectivity index (χ0n) is 21.0. The van der Waals surface area contributed by atoms with Gasteiger partial charge in [-0.2, -0.15) is 0 Å². The molecular formula is C28H28FN3O3S2. The summed E-state index contributed by atoms with van der Waals surface area (Å²) in [5, 5.41) is 1.94. The molecular weight excluding hydrogens is 509 g/mol. The van der Waals surface area contributed by atoms with E-state index >= 15 is 0 Å². The number of fused-ring (bicyclic) bond motifs is 3. The zero-order valence-corrected chi connectivity index (χ0v) is 22.6. The summed E-state index contributed by atoms with van der Waals surface area (Å²) in [5.74, 6) is 1.61. The van der Waals surface area contributed by atoms with Crippen LogP contribution in [0.5, 0.6) is 11.5 Å². The third-order valence-electron chi connectivity index (χ3n) is 6.62. The van der Waals surface area contributed by atoms with Crippen LogP contribution in [0.1, 0.15) is 29.3 Å². The molecule has 6 nitrogen and oxygen atoms in total. The second kappa shape index (κ2) is 11.1. The molecule has 9 heteroatoms. The fraction of sp³-hybridized carbons (Fsp3) is 0.321. The SMILES string of the molecule is COc1ccc(CN(C(=O)CSc2ncnc3sc4c(c23)CC[C@H](C)C4)c2ccc(F)cc2)cc1OC. The van der Waals surface area contributed by atoms with Crippen LogP contribution in [0.25, 0.3) is 10.2 Å². The molecule has 1 aliphatic carbocycles. The molecule has 2 aromatic heterocycles. The van der Waals surface area contributed by atoms with Crippen molar-refractivity contribution in [2.45, 2.75) is 37.8 Å². The first kappa shape index (κ1) is 25.5. The Morgan fingerprint density at radius 3 is 2.68 bits per heavy atom. The molecule has 37 heavy (non-hydrogen) atoms. The molecule has 0 saturated carbocycles. The third-order valence-corrected chi connectivity index (χ3v) is 8.75. The van der Waals surface area contributed by atoms with Crippen molar-refractivity contribution >= 4 is 44.9 Å². The van der Waals surface area contributed by atoms with Crippen molar-refractivity contribution in [2.75, 3.05) is 24.9 Å². The summed E-state index contributed by atoms with van der Waals surface area (Å²) in [7, 11) is 3.16. The number of benzene rings is 2. The van der Waals surface area contributed by atoms with E-state index in [-0.39, 0.29) is 17.5 Å². The van der Waals surface area contributed by atoms with Crippen LogP contribution in [0.3, 0.4) is 0 Å². The van der Waals surface area contributed by atoms with Gasteiger partial charge in [0, 0.05) is 16.0 Å². The van der Waals surface area contributed by atoms with Gasteiger partial charge in [0.1, 0.15) is 22.0 Å². The van der Waals surface area contributed by atoms with Gasteiger partial charge >= 0.3 is 0 Å². The molecule has 0 spiro atoms. The number of rotatable bonds is 8. The number of aryl methyl sites for hydroxylation is 1. The molecule has 1 atom stereocenters. The molecule has 0 unspecified atom stereocenters. The topological polar surface area (TPSA) is 64.5 Å². The van der Waals surface area contributed by atoms with Crippen LogP contribution in [-0.2, 0) is 24.2 Å². The quantitative estimate of drug-likeness (QED) is 0.194. The molecule has 5 rings (SSSR count). The number of anilines is 1. The highest BCUT2D eigenvalue weighted by Crippen LogP contribution is 2.40. The number of methoxy groups -OCH3 is 2. The molecule has 0 aliphatic heterocycles. The average Bonchev–Trinajstić information content (AvgIpc) is 3.28. The predicted molar refractivity (Wildman–Crippen MR) is 146 cm³/mol. The van der Waals surface area contributed by atoms with E-state index in [2.05, 4.69) is 16.9 Å². The molecule has 0 fully saturated rings. The van der Waals surface area contributed by atoms with E-state index in [1.165, 1.54) is 34.3 Å². The first-order valence-electron chi connectivity index (χ1n) is 12.1. The highest BCUT2D eigenvalue weighted by Gasteiger charge is 2.24. The molecule has 0 N–H and O–H groups in total. The summed E-state index contributed by atoms with van der Waals surface area (Å²) >= 11 is 3.18. The first-order valence-corrected chi connectivity index (χ1v) is 13.9. The largest absolute Gasteiger partial charge is 0.493 e. The molecule has 192 valence electrons. The van der Waals surface area contributed by atoms with Crippen molar-refractivity contribution in [3.05, 3.63) is 70.6 Å². The lowest BCUT2D eigenvalue weighted by atomic mass is 9.89. The van der Waals surface area contributed by atoms with Gasteiger partial charge in [0.15, 0.2) is 11.5 Å². The lowest BCUT2D eigenvalue weighted by Gasteiger charge is -2.23. The fourth-order valence-electron chi connectivity index (χ4n) is 4.67. The maximum atomic E-state index is 13.7. The second-order valence-electron chi connectivity index (χ2n) is 9.15. The van der Waals surface area contributed by atoms with Gasteiger partial charge in [-0.25, -0.2) is 14.4 Å². The van der Waals surface area contributed by atoms with Crippen molar-refractivity contribution in [3.8, 4) is 11.5 Å². The molecule has 0 bridgehead atoms. The van der Waals surface area contributed by atoms with Crippen LogP contribution in [0.15, 0.2) is 53.8 Å². The molecule has 4 aromatic rings. The van der Waals surface area contributed by atoms with Gasteiger partial charge in [-0.3, -0.25) is 4.79 Å². The van der Waals surface area contributed by atoms with Crippen molar-refractivity contribution in [2.24, 2.45) is 5.92 Å². The second-order valence-corrected chi connectivity index (χ2v) is 11.2. The molecule has 1 amide bonds. The minimum atomic E-state index is -0.350. The first-order chi connectivity index (χ1) is 18.0. The summed E-state index contributed by atoms with van der Waals surface area (Å²) in [4.78, 5) is 26.7. The number of carbonyl (C=O) groups is 1. The number of thiophene rings is 1. The van der Waals surface area contributed by atoms with Crippen LogP contribution in [0.4, 0.5) is 10.1 Å². The van der Waals surface area contributed by atoms with E-state index in [9.17, 15) is 9.18 Å². The summed E-state index contributed by atoms with van der Waals surface area (Å²) in [6, 6.07) is 11.5. The van der Waals surface area contributed by atoms with Gasteiger partial charge in [0.25, 0.3) is 0 Å². The Morgan fingerprint density at radius 1 is 1.14 bits per heavy atom. The Hall–Kier alpha value is -3.17. The minimum Gasteiger partial charge on any atom is -0.493 e. The van der Waals surface area contributed by atoms with Crippen LogP contribution in [-0.4, -0.2) is 35.8 Å². The number of hydrogen-bond donors (Lipinski definition) is 0. The zero-order chi connectivity index (χ0) is 25.9. The molecule has 2 heterocycles. The Balaban J connectivity index is 1.41. The Labute approximate surface area is 223 Å². The normalized spacial score (nSPS) is 14.9. The number of carbonyl (C=O) groups excluding carboxylic acids is 1. The number of halogens is 1. The monoisotopic (exact) mass is 537 g/mol. The molecule has 0 saturated heterocycles. The number of amides is 1. The predicted octanol–water partition coefficient (Wildman–Crippen LogP) is 6.30. The Kier molecular flexibility index (Phi) is 7.62. The van der Waals surface area contributed by atoms with Crippen LogP contribution >= 0.6 is 23.1 Å². The van der Waals surface area contributed by atoms with E-state index in [0.717, 1.165) is 40.1 Å². The van der Waals surface area contributed by atoms with Gasteiger partial charge in [-0.05, 0) is 72.7 Å². The van der Waals surface area contributed by atoms with Gasteiger partial charge in [-0.1, -0.05) is 24.8 Å². The highest BCUT2D eigenvalue weighted by atomic mass is 32.2. The number of ether oxygens (including phenoxy) is 2. The standard InChI is InChI=1S/C28H28FN3O3S2/c1-17-4-10-21-24(12-17)37-28-26(21)27(30-16-31-28)36-15-25(33)32(20-8-6-19(29)7-9-20)14-18-5-11-22(34-2)23(13-18)35-3/h5-9,11,13,16-17H,4,10,12,14-15H2,1-3H3/t17-/m0/s1. The van der Waals surface area contributed by atoms with Crippen LogP contribution in [0, 0.1) is 11.7 Å². The summed E-state index contributed by atoms with van der Waals surface area (Å²) < 4.78 is 24.4. The molecule has 2 aromatic carbocycles. The molecule has 0 radical (unpaired) electrons. The van der Waals surface area contributed by atoms with Crippen molar-refractivity contribution in [1.82, 2.24) is 9.97 Å².